The van der Waals surface area contributed by atoms with Crippen LogP contribution in [0.5, 0.6) is 0 Å². The summed E-state index contributed by atoms with van der Waals surface area (Å²) < 4.78 is 5.24. The Morgan fingerprint density at radius 3 is 2.46 bits per heavy atom. The van der Waals surface area contributed by atoms with Gasteiger partial charge in [0, 0.05) is 6.04 Å². The van der Waals surface area contributed by atoms with E-state index in [0.717, 1.165) is 12.8 Å². The van der Waals surface area contributed by atoms with E-state index in [2.05, 4.69) is 19.2 Å². The minimum Gasteiger partial charge on any atom is -0.449 e. The van der Waals surface area contributed by atoms with E-state index in [1.165, 1.54) is 6.42 Å². The molecule has 1 N–H and O–H groups in total. The maximum absolute atomic E-state index is 12.3. The second-order valence-electron chi connectivity index (χ2n) is 6.53. The normalized spacial score (nSPS) is 25.0. The highest BCUT2D eigenvalue weighted by atomic mass is 35.5. The van der Waals surface area contributed by atoms with Crippen LogP contribution in [0.2, 0.25) is 10.0 Å². The highest BCUT2D eigenvalue weighted by Crippen LogP contribution is 2.29. The van der Waals surface area contributed by atoms with E-state index in [1.54, 1.807) is 25.1 Å². The van der Waals surface area contributed by atoms with Crippen LogP contribution in [0.3, 0.4) is 0 Å². The van der Waals surface area contributed by atoms with Gasteiger partial charge in [-0.15, -0.1) is 0 Å². The Morgan fingerprint density at radius 2 is 1.83 bits per heavy atom. The van der Waals surface area contributed by atoms with E-state index in [1.807, 2.05) is 0 Å². The van der Waals surface area contributed by atoms with Crippen molar-refractivity contribution in [1.82, 2.24) is 5.32 Å². The quantitative estimate of drug-likeness (QED) is 0.793. The van der Waals surface area contributed by atoms with E-state index in [4.69, 9.17) is 27.9 Å². The van der Waals surface area contributed by atoms with Crippen molar-refractivity contribution in [2.45, 2.75) is 52.2 Å². The van der Waals surface area contributed by atoms with Gasteiger partial charge in [-0.25, -0.2) is 4.79 Å². The van der Waals surface area contributed by atoms with Gasteiger partial charge in [-0.3, -0.25) is 4.79 Å². The van der Waals surface area contributed by atoms with Gasteiger partial charge in [-0.2, -0.15) is 0 Å². The zero-order chi connectivity index (χ0) is 17.9. The predicted molar refractivity (Wildman–Crippen MR) is 95.4 cm³/mol. The number of hydrogen-bond acceptors (Lipinski definition) is 3. The molecule has 0 aromatic heterocycles. The Bertz CT molecular complexity index is 600. The fraction of sp³-hybridized carbons (Fsp3) is 0.556. The summed E-state index contributed by atoms with van der Waals surface area (Å²) in [7, 11) is 0. The van der Waals surface area contributed by atoms with Crippen LogP contribution in [0.4, 0.5) is 0 Å². The number of carbonyl (C=O) groups excluding carboxylic acids is 2. The molecule has 1 aromatic carbocycles. The Balaban J connectivity index is 1.97. The number of nitrogens with one attached hydrogen (secondary N) is 1. The van der Waals surface area contributed by atoms with Gasteiger partial charge in [0.25, 0.3) is 5.91 Å². The number of ether oxygens (including phenoxy) is 1. The first-order chi connectivity index (χ1) is 11.3. The lowest BCUT2D eigenvalue weighted by Gasteiger charge is -2.35. The smallest absolute Gasteiger partial charge is 0.341 e. The van der Waals surface area contributed by atoms with Crippen molar-refractivity contribution in [3.63, 3.8) is 0 Å². The van der Waals surface area contributed by atoms with Gasteiger partial charge in [0.2, 0.25) is 0 Å². The van der Waals surface area contributed by atoms with Crippen LogP contribution in [0.25, 0.3) is 0 Å². The molecule has 1 fully saturated rings. The summed E-state index contributed by atoms with van der Waals surface area (Å²) in [5, 5.41) is 3.41. The van der Waals surface area contributed by atoms with Crippen molar-refractivity contribution in [1.29, 1.82) is 0 Å². The highest BCUT2D eigenvalue weighted by Gasteiger charge is 2.30. The topological polar surface area (TPSA) is 55.4 Å². The summed E-state index contributed by atoms with van der Waals surface area (Å²) in [6.07, 6.45) is 2.33. The summed E-state index contributed by atoms with van der Waals surface area (Å²) >= 11 is 12.0. The molecular formula is C18H23Cl2NO3. The molecule has 1 amide bonds. The molecule has 0 saturated heterocycles. The van der Waals surface area contributed by atoms with E-state index in [0.29, 0.717) is 11.8 Å². The third-order valence-electron chi connectivity index (χ3n) is 4.85. The molecule has 4 nitrogen and oxygen atoms in total. The molecule has 4 atom stereocenters. The molecule has 0 bridgehead atoms. The van der Waals surface area contributed by atoms with E-state index >= 15 is 0 Å². The zero-order valence-corrected chi connectivity index (χ0v) is 15.7. The number of benzene rings is 1. The third-order valence-corrected chi connectivity index (χ3v) is 5.48. The lowest BCUT2D eigenvalue weighted by Crippen LogP contribution is -2.47. The van der Waals surface area contributed by atoms with Crippen molar-refractivity contribution in [2.75, 3.05) is 0 Å². The van der Waals surface area contributed by atoms with Gasteiger partial charge in [0.05, 0.1) is 15.6 Å². The van der Waals surface area contributed by atoms with Crippen LogP contribution in [0.1, 0.15) is 50.4 Å². The molecule has 0 radical (unpaired) electrons. The molecule has 1 aliphatic carbocycles. The Hall–Kier alpha value is -1.26. The van der Waals surface area contributed by atoms with Crippen molar-refractivity contribution < 1.29 is 14.3 Å². The molecule has 24 heavy (non-hydrogen) atoms. The minimum atomic E-state index is -0.908. The molecule has 0 aliphatic heterocycles. The monoisotopic (exact) mass is 371 g/mol. The number of hydrogen-bond donors (Lipinski definition) is 1. The standard InChI is InChI=1S/C18H23Cl2NO3/c1-10-6-4-9-15(11(10)2)21-17(22)12(3)24-18(23)16-13(19)7-5-8-14(16)20/h5,7-8,10-12,15H,4,6,9H2,1-3H3,(H,21,22)/t10-,11-,12-,15+/m1/s1. The lowest BCUT2D eigenvalue weighted by molar-refractivity contribution is -0.130. The average molecular weight is 372 g/mol. The SMILES string of the molecule is C[C@@H]1[C@H](C)CCC[C@@H]1NC(=O)[C@@H](C)OC(=O)c1c(Cl)cccc1Cl. The van der Waals surface area contributed by atoms with Crippen LogP contribution >= 0.6 is 23.2 Å². The fourth-order valence-electron chi connectivity index (χ4n) is 3.05. The molecule has 0 unspecified atom stereocenters. The second-order valence-corrected chi connectivity index (χ2v) is 7.34. The molecule has 1 aliphatic rings. The fourth-order valence-corrected chi connectivity index (χ4v) is 3.60. The summed E-state index contributed by atoms with van der Waals surface area (Å²) in [5.41, 5.74) is 0.0835. The number of rotatable bonds is 4. The summed E-state index contributed by atoms with van der Waals surface area (Å²) in [4.78, 5) is 24.6. The lowest BCUT2D eigenvalue weighted by atomic mass is 9.78. The summed E-state index contributed by atoms with van der Waals surface area (Å²) in [6.45, 7) is 5.90. The minimum absolute atomic E-state index is 0.0835. The number of esters is 1. The van der Waals surface area contributed by atoms with Gasteiger partial charge in [-0.05, 0) is 37.3 Å². The summed E-state index contributed by atoms with van der Waals surface area (Å²) in [5.74, 6) is -0.0109. The van der Waals surface area contributed by atoms with Crippen molar-refractivity contribution in [2.24, 2.45) is 11.8 Å². The van der Waals surface area contributed by atoms with E-state index in [-0.39, 0.29) is 27.6 Å². The zero-order valence-electron chi connectivity index (χ0n) is 14.1. The first-order valence-electron chi connectivity index (χ1n) is 8.26. The van der Waals surface area contributed by atoms with Crippen LogP contribution in [-0.4, -0.2) is 24.0 Å². The first kappa shape index (κ1) is 19.1. The third kappa shape index (κ3) is 4.42. The van der Waals surface area contributed by atoms with Gasteiger partial charge in [0.1, 0.15) is 0 Å². The van der Waals surface area contributed by atoms with Gasteiger partial charge in [-0.1, -0.05) is 56.0 Å². The van der Waals surface area contributed by atoms with Crippen LogP contribution < -0.4 is 5.32 Å². The van der Waals surface area contributed by atoms with Crippen LogP contribution in [-0.2, 0) is 9.53 Å². The molecule has 1 aromatic rings. The molecule has 132 valence electrons. The number of amides is 1. The van der Waals surface area contributed by atoms with Crippen molar-refractivity contribution in [3.8, 4) is 0 Å². The molecule has 1 saturated carbocycles. The molecule has 2 rings (SSSR count). The Labute approximate surface area is 152 Å². The van der Waals surface area contributed by atoms with Crippen LogP contribution in [0, 0.1) is 11.8 Å². The largest absolute Gasteiger partial charge is 0.449 e. The van der Waals surface area contributed by atoms with Gasteiger partial charge in [0.15, 0.2) is 6.10 Å². The van der Waals surface area contributed by atoms with Crippen molar-refractivity contribution in [3.05, 3.63) is 33.8 Å². The highest BCUT2D eigenvalue weighted by molar-refractivity contribution is 6.39. The number of carbonyl (C=O) groups is 2. The molecular weight excluding hydrogens is 349 g/mol. The van der Waals surface area contributed by atoms with Gasteiger partial charge >= 0.3 is 5.97 Å². The molecule has 0 heterocycles. The first-order valence-corrected chi connectivity index (χ1v) is 9.02. The van der Waals surface area contributed by atoms with Gasteiger partial charge < -0.3 is 10.1 Å². The number of halogens is 2. The predicted octanol–water partition coefficient (Wildman–Crippen LogP) is 4.48. The van der Waals surface area contributed by atoms with E-state index < -0.39 is 12.1 Å². The average Bonchev–Trinajstić information content (AvgIpc) is 2.51. The second kappa shape index (κ2) is 8.21. The van der Waals surface area contributed by atoms with E-state index in [9.17, 15) is 9.59 Å². The maximum atomic E-state index is 12.3. The summed E-state index contributed by atoms with van der Waals surface area (Å²) in [6, 6.07) is 4.87. The Kier molecular flexibility index (Phi) is 6.53. The molecule has 0 spiro atoms. The Morgan fingerprint density at radius 1 is 1.21 bits per heavy atom. The maximum Gasteiger partial charge on any atom is 0.341 e. The van der Waals surface area contributed by atoms with Crippen LogP contribution in [0.15, 0.2) is 18.2 Å². The van der Waals surface area contributed by atoms with Crippen molar-refractivity contribution >= 4 is 35.1 Å². The molecule has 6 heteroatoms.